The van der Waals surface area contributed by atoms with Crippen molar-refractivity contribution in [1.29, 1.82) is 0 Å². The molecule has 3 aromatic rings. The molecule has 3 rings (SSSR count). The number of aromatic hydroxyl groups is 1. The Balaban J connectivity index is 1.82. The Morgan fingerprint density at radius 2 is 1.86 bits per heavy atom. The quantitative estimate of drug-likeness (QED) is 0.680. The van der Waals surface area contributed by atoms with E-state index in [9.17, 15) is 18.7 Å². The summed E-state index contributed by atoms with van der Waals surface area (Å²) < 4.78 is 34.3. The molecule has 0 aromatic heterocycles. The number of alkyl halides is 2. The molecule has 0 bridgehead atoms. The monoisotopic (exact) mass is 387 g/mol. The van der Waals surface area contributed by atoms with E-state index in [1.165, 1.54) is 24.1 Å². The van der Waals surface area contributed by atoms with Crippen molar-refractivity contribution in [3.63, 3.8) is 0 Å². The summed E-state index contributed by atoms with van der Waals surface area (Å²) in [6, 6.07) is 15.1. The van der Waals surface area contributed by atoms with Gasteiger partial charge in [0.25, 0.3) is 5.91 Å². The van der Waals surface area contributed by atoms with Crippen LogP contribution in [-0.2, 0) is 6.54 Å². The van der Waals surface area contributed by atoms with Crippen LogP contribution in [0.3, 0.4) is 0 Å². The summed E-state index contributed by atoms with van der Waals surface area (Å²) in [7, 11) is 2.94. The Labute approximate surface area is 160 Å². The van der Waals surface area contributed by atoms with E-state index in [1.807, 2.05) is 12.1 Å². The van der Waals surface area contributed by atoms with Gasteiger partial charge in [0.2, 0.25) is 0 Å². The number of phenolic OH excluding ortho intramolecular Hbond substituents is 1. The molecule has 28 heavy (non-hydrogen) atoms. The van der Waals surface area contributed by atoms with Crippen LogP contribution in [0, 0.1) is 0 Å². The fourth-order valence-corrected chi connectivity index (χ4v) is 2.98. The zero-order valence-corrected chi connectivity index (χ0v) is 15.4. The van der Waals surface area contributed by atoms with Gasteiger partial charge in [0.05, 0.1) is 12.7 Å². The third kappa shape index (κ3) is 3.98. The number of rotatable bonds is 6. The van der Waals surface area contributed by atoms with E-state index in [2.05, 4.69) is 4.74 Å². The third-order valence-electron chi connectivity index (χ3n) is 4.34. The highest BCUT2D eigenvalue weighted by Gasteiger charge is 2.19. The molecule has 0 fully saturated rings. The van der Waals surface area contributed by atoms with E-state index in [-0.39, 0.29) is 35.3 Å². The number of benzene rings is 3. The fourth-order valence-electron chi connectivity index (χ4n) is 2.98. The van der Waals surface area contributed by atoms with Gasteiger partial charge in [-0.2, -0.15) is 8.78 Å². The van der Waals surface area contributed by atoms with E-state index >= 15 is 0 Å². The van der Waals surface area contributed by atoms with Crippen LogP contribution in [0.4, 0.5) is 8.78 Å². The van der Waals surface area contributed by atoms with Gasteiger partial charge in [-0.1, -0.05) is 36.4 Å². The Morgan fingerprint density at radius 1 is 1.11 bits per heavy atom. The molecule has 1 amide bonds. The summed E-state index contributed by atoms with van der Waals surface area (Å²) in [5.41, 5.74) is 0.848. The molecule has 0 saturated carbocycles. The number of halogens is 2. The highest BCUT2D eigenvalue weighted by molar-refractivity contribution is 6.03. The highest BCUT2D eigenvalue weighted by atomic mass is 19.3. The first kappa shape index (κ1) is 19.4. The van der Waals surface area contributed by atoms with Gasteiger partial charge in [0.15, 0.2) is 11.5 Å². The first-order valence-corrected chi connectivity index (χ1v) is 8.48. The lowest BCUT2D eigenvalue weighted by Gasteiger charge is -2.19. The zero-order chi connectivity index (χ0) is 20.3. The van der Waals surface area contributed by atoms with Gasteiger partial charge in [-0.25, -0.2) is 0 Å². The molecule has 0 aliphatic carbocycles. The molecular weight excluding hydrogens is 368 g/mol. The Bertz CT molecular complexity index is 1010. The van der Waals surface area contributed by atoms with Crippen LogP contribution in [-0.4, -0.2) is 36.7 Å². The van der Waals surface area contributed by atoms with Crippen molar-refractivity contribution in [2.24, 2.45) is 0 Å². The number of hydrogen-bond acceptors (Lipinski definition) is 4. The van der Waals surface area contributed by atoms with E-state index in [1.54, 1.807) is 37.4 Å². The van der Waals surface area contributed by atoms with Crippen LogP contribution in [0.25, 0.3) is 10.8 Å². The van der Waals surface area contributed by atoms with Crippen molar-refractivity contribution in [1.82, 2.24) is 4.90 Å². The molecule has 0 unspecified atom stereocenters. The average molecular weight is 387 g/mol. The van der Waals surface area contributed by atoms with Crippen LogP contribution < -0.4 is 9.47 Å². The largest absolute Gasteiger partial charge is 0.506 e. The Hall–Kier alpha value is -3.35. The maximum Gasteiger partial charge on any atom is 0.387 e. The molecular formula is C21H19F2NO4. The van der Waals surface area contributed by atoms with Crippen molar-refractivity contribution >= 4 is 16.7 Å². The van der Waals surface area contributed by atoms with E-state index in [4.69, 9.17) is 4.74 Å². The predicted molar refractivity (Wildman–Crippen MR) is 101 cm³/mol. The maximum atomic E-state index is 12.8. The van der Waals surface area contributed by atoms with E-state index in [0.717, 1.165) is 5.39 Å². The maximum absolute atomic E-state index is 12.8. The lowest BCUT2D eigenvalue weighted by atomic mass is 10.0. The summed E-state index contributed by atoms with van der Waals surface area (Å²) >= 11 is 0. The summed E-state index contributed by atoms with van der Waals surface area (Å²) in [4.78, 5) is 14.2. The number of fused-ring (bicyclic) bond motifs is 1. The van der Waals surface area contributed by atoms with Crippen LogP contribution in [0.5, 0.6) is 17.2 Å². The minimum Gasteiger partial charge on any atom is -0.506 e. The van der Waals surface area contributed by atoms with E-state index in [0.29, 0.717) is 10.9 Å². The molecule has 0 aliphatic heterocycles. The van der Waals surface area contributed by atoms with Crippen LogP contribution in [0.1, 0.15) is 15.9 Å². The molecule has 0 heterocycles. The molecule has 7 heteroatoms. The fraction of sp³-hybridized carbons (Fsp3) is 0.190. The second-order valence-corrected chi connectivity index (χ2v) is 6.21. The number of amides is 1. The molecule has 0 saturated heterocycles. The molecule has 1 N–H and O–H groups in total. The van der Waals surface area contributed by atoms with E-state index < -0.39 is 6.61 Å². The van der Waals surface area contributed by atoms with Crippen LogP contribution in [0.2, 0.25) is 0 Å². The SMILES string of the molecule is COc1cc(CN(C)C(=O)c2ccc3ccccc3c2O)ccc1OC(F)F. The normalized spacial score (nSPS) is 10.9. The smallest absolute Gasteiger partial charge is 0.387 e. The number of phenols is 1. The van der Waals surface area contributed by atoms with Gasteiger partial charge in [-0.05, 0) is 29.1 Å². The molecule has 5 nitrogen and oxygen atoms in total. The Kier molecular flexibility index (Phi) is 5.63. The first-order chi connectivity index (χ1) is 13.4. The van der Waals surface area contributed by atoms with Gasteiger partial charge in [0, 0.05) is 19.0 Å². The number of hydrogen-bond donors (Lipinski definition) is 1. The lowest BCUT2D eigenvalue weighted by molar-refractivity contribution is -0.0512. The van der Waals surface area contributed by atoms with Crippen molar-refractivity contribution in [2.75, 3.05) is 14.2 Å². The van der Waals surface area contributed by atoms with Crippen LogP contribution >= 0.6 is 0 Å². The number of carbonyl (C=O) groups excluding carboxylic acids is 1. The summed E-state index contributed by atoms with van der Waals surface area (Å²) in [5.74, 6) is -0.377. The minimum atomic E-state index is -2.96. The van der Waals surface area contributed by atoms with Gasteiger partial charge >= 0.3 is 6.61 Å². The zero-order valence-electron chi connectivity index (χ0n) is 15.4. The van der Waals surface area contributed by atoms with Gasteiger partial charge < -0.3 is 19.5 Å². The summed E-state index contributed by atoms with van der Waals surface area (Å²) in [6.07, 6.45) is 0. The molecule has 0 atom stereocenters. The molecule has 0 spiro atoms. The standard InChI is InChI=1S/C21H19F2NO4/c1-24(12-13-7-10-17(28-21(22)23)18(11-13)27-2)20(26)16-9-8-14-5-3-4-6-15(14)19(16)25/h3-11,21,25H,12H2,1-2H3. The highest BCUT2D eigenvalue weighted by Crippen LogP contribution is 2.31. The molecule has 0 aliphatic rings. The number of ether oxygens (including phenoxy) is 2. The summed E-state index contributed by atoms with van der Waals surface area (Å²) in [5, 5.41) is 11.9. The number of methoxy groups -OCH3 is 1. The Morgan fingerprint density at radius 3 is 2.57 bits per heavy atom. The second kappa shape index (κ2) is 8.12. The molecule has 3 aromatic carbocycles. The van der Waals surface area contributed by atoms with Crippen LogP contribution in [0.15, 0.2) is 54.6 Å². The minimum absolute atomic E-state index is 0.0757. The van der Waals surface area contributed by atoms with Crippen molar-refractivity contribution in [3.8, 4) is 17.2 Å². The molecule has 146 valence electrons. The van der Waals surface area contributed by atoms with Crippen molar-refractivity contribution < 1.29 is 28.2 Å². The van der Waals surface area contributed by atoms with Crippen molar-refractivity contribution in [3.05, 3.63) is 65.7 Å². The van der Waals surface area contributed by atoms with Gasteiger partial charge in [0.1, 0.15) is 5.75 Å². The lowest BCUT2D eigenvalue weighted by Crippen LogP contribution is -2.26. The molecule has 0 radical (unpaired) electrons. The van der Waals surface area contributed by atoms with Gasteiger partial charge in [-0.15, -0.1) is 0 Å². The first-order valence-electron chi connectivity index (χ1n) is 8.48. The second-order valence-electron chi connectivity index (χ2n) is 6.21. The number of nitrogens with zero attached hydrogens (tertiary/aromatic N) is 1. The predicted octanol–water partition coefficient (Wildman–Crippen LogP) is 4.43. The topological polar surface area (TPSA) is 59.0 Å². The summed E-state index contributed by atoms with van der Waals surface area (Å²) in [6.45, 7) is -2.77. The van der Waals surface area contributed by atoms with Crippen molar-refractivity contribution in [2.45, 2.75) is 13.2 Å². The number of carbonyl (C=O) groups is 1. The third-order valence-corrected chi connectivity index (χ3v) is 4.34. The van der Waals surface area contributed by atoms with Gasteiger partial charge in [-0.3, -0.25) is 4.79 Å². The average Bonchev–Trinajstić information content (AvgIpc) is 2.68.